The molecule has 0 aromatic heterocycles. The highest BCUT2D eigenvalue weighted by Gasteiger charge is 2.26. The quantitative estimate of drug-likeness (QED) is 0.544. The van der Waals surface area contributed by atoms with Crippen LogP contribution in [0.1, 0.15) is 18.1 Å². The number of nitrogens with one attached hydrogen (secondary N) is 1. The zero-order chi connectivity index (χ0) is 24.6. The maximum atomic E-state index is 13.0. The second-order valence-corrected chi connectivity index (χ2v) is 9.61. The molecule has 1 saturated heterocycles. The minimum absolute atomic E-state index is 0.113. The number of sulfonamides is 1. The van der Waals surface area contributed by atoms with Crippen LogP contribution in [-0.2, 0) is 30.9 Å². The molecular formula is C24H28FN3O5S. The zero-order valence-electron chi connectivity index (χ0n) is 18.9. The molecule has 2 aromatic carbocycles. The van der Waals surface area contributed by atoms with Crippen LogP contribution in [0.2, 0.25) is 0 Å². The van der Waals surface area contributed by atoms with Crippen molar-refractivity contribution in [3.8, 4) is 0 Å². The first-order valence-corrected chi connectivity index (χ1v) is 12.4. The van der Waals surface area contributed by atoms with E-state index in [4.69, 9.17) is 4.74 Å². The van der Waals surface area contributed by atoms with Gasteiger partial charge in [-0.25, -0.2) is 12.8 Å². The van der Waals surface area contributed by atoms with Crippen LogP contribution in [0.3, 0.4) is 0 Å². The van der Waals surface area contributed by atoms with Crippen LogP contribution in [0.15, 0.2) is 59.5 Å². The Labute approximate surface area is 199 Å². The largest absolute Gasteiger partial charge is 0.379 e. The summed E-state index contributed by atoms with van der Waals surface area (Å²) in [5.41, 5.74) is 1.41. The average Bonchev–Trinajstić information content (AvgIpc) is 2.86. The van der Waals surface area contributed by atoms with E-state index in [9.17, 15) is 22.4 Å². The molecule has 1 aliphatic rings. The summed E-state index contributed by atoms with van der Waals surface area (Å²) in [4.78, 5) is 26.3. The van der Waals surface area contributed by atoms with Crippen molar-refractivity contribution in [3.63, 3.8) is 0 Å². The SMILES string of the molecule is CCN(CC(=O)NCc1ccc(F)cc1)C(=O)C=Cc1ccc(S(=O)(=O)N2CCOCC2)cc1. The number of likely N-dealkylation sites (N-methyl/N-ethyl adjacent to an activating group) is 1. The van der Waals surface area contributed by atoms with Crippen LogP contribution in [0, 0.1) is 5.82 Å². The van der Waals surface area contributed by atoms with E-state index in [0.29, 0.717) is 38.4 Å². The number of ether oxygens (including phenoxy) is 1. The van der Waals surface area contributed by atoms with Gasteiger partial charge >= 0.3 is 0 Å². The highest BCUT2D eigenvalue weighted by Crippen LogP contribution is 2.18. The van der Waals surface area contributed by atoms with Gasteiger partial charge in [-0.2, -0.15) is 4.31 Å². The predicted octanol–water partition coefficient (Wildman–Crippen LogP) is 2.02. The van der Waals surface area contributed by atoms with Crippen molar-refractivity contribution in [1.82, 2.24) is 14.5 Å². The van der Waals surface area contributed by atoms with Crippen molar-refractivity contribution < 1.29 is 27.1 Å². The fourth-order valence-electron chi connectivity index (χ4n) is 3.34. The lowest BCUT2D eigenvalue weighted by molar-refractivity contribution is -0.132. The number of amides is 2. The van der Waals surface area contributed by atoms with Gasteiger partial charge in [0.25, 0.3) is 0 Å². The predicted molar refractivity (Wildman–Crippen MR) is 126 cm³/mol. The molecule has 34 heavy (non-hydrogen) atoms. The van der Waals surface area contributed by atoms with Gasteiger partial charge in [0.15, 0.2) is 0 Å². The Bertz CT molecular complexity index is 1110. The molecule has 1 N–H and O–H groups in total. The topological polar surface area (TPSA) is 96.0 Å². The molecule has 0 aliphatic carbocycles. The van der Waals surface area contributed by atoms with Gasteiger partial charge < -0.3 is 15.0 Å². The third kappa shape index (κ3) is 6.96. The van der Waals surface area contributed by atoms with Crippen LogP contribution < -0.4 is 5.32 Å². The summed E-state index contributed by atoms with van der Waals surface area (Å²) in [6.07, 6.45) is 2.93. The summed E-state index contributed by atoms with van der Waals surface area (Å²) >= 11 is 0. The smallest absolute Gasteiger partial charge is 0.247 e. The van der Waals surface area contributed by atoms with Crippen molar-refractivity contribution in [2.75, 3.05) is 39.4 Å². The number of nitrogens with zero attached hydrogens (tertiary/aromatic N) is 2. The van der Waals surface area contributed by atoms with E-state index in [1.807, 2.05) is 0 Å². The molecule has 8 nitrogen and oxygen atoms in total. The molecule has 2 aromatic rings. The molecule has 0 saturated carbocycles. The van der Waals surface area contributed by atoms with Crippen LogP contribution in [0.5, 0.6) is 0 Å². The lowest BCUT2D eigenvalue weighted by Crippen LogP contribution is -2.40. The molecule has 182 valence electrons. The molecule has 1 fully saturated rings. The number of hydrogen-bond donors (Lipinski definition) is 1. The molecular weight excluding hydrogens is 461 g/mol. The summed E-state index contributed by atoms with van der Waals surface area (Å²) in [5.74, 6) is -1.02. The van der Waals surface area contributed by atoms with Crippen molar-refractivity contribution in [1.29, 1.82) is 0 Å². The van der Waals surface area contributed by atoms with Gasteiger partial charge in [0.2, 0.25) is 21.8 Å². The first kappa shape index (κ1) is 25.5. The zero-order valence-corrected chi connectivity index (χ0v) is 19.8. The summed E-state index contributed by atoms with van der Waals surface area (Å²) in [7, 11) is -3.58. The van der Waals surface area contributed by atoms with Crippen LogP contribution in [0.4, 0.5) is 4.39 Å². The lowest BCUT2D eigenvalue weighted by atomic mass is 10.2. The maximum absolute atomic E-state index is 13.0. The number of carbonyl (C=O) groups is 2. The molecule has 0 radical (unpaired) electrons. The molecule has 0 spiro atoms. The van der Waals surface area contributed by atoms with Gasteiger partial charge in [0.1, 0.15) is 5.82 Å². The number of carbonyl (C=O) groups excluding carboxylic acids is 2. The van der Waals surface area contributed by atoms with Gasteiger partial charge in [-0.1, -0.05) is 24.3 Å². The Hall–Kier alpha value is -3.08. The van der Waals surface area contributed by atoms with E-state index in [1.54, 1.807) is 37.3 Å². The average molecular weight is 490 g/mol. The minimum Gasteiger partial charge on any atom is -0.379 e. The van der Waals surface area contributed by atoms with Crippen LogP contribution >= 0.6 is 0 Å². The van der Waals surface area contributed by atoms with E-state index < -0.39 is 10.0 Å². The minimum atomic E-state index is -3.58. The molecule has 10 heteroatoms. The Morgan fingerprint density at radius 3 is 2.35 bits per heavy atom. The first-order chi connectivity index (χ1) is 16.3. The van der Waals surface area contributed by atoms with Crippen LogP contribution in [0.25, 0.3) is 6.08 Å². The lowest BCUT2D eigenvalue weighted by Gasteiger charge is -2.26. The van der Waals surface area contributed by atoms with E-state index in [0.717, 1.165) is 5.56 Å². The number of rotatable bonds is 9. The highest BCUT2D eigenvalue weighted by molar-refractivity contribution is 7.89. The van der Waals surface area contributed by atoms with Gasteiger partial charge in [-0.15, -0.1) is 0 Å². The first-order valence-electron chi connectivity index (χ1n) is 11.0. The normalized spacial score (nSPS) is 14.8. The number of hydrogen-bond acceptors (Lipinski definition) is 5. The summed E-state index contributed by atoms with van der Waals surface area (Å²) in [6.45, 7) is 3.62. The third-order valence-electron chi connectivity index (χ3n) is 5.34. The van der Waals surface area contributed by atoms with E-state index >= 15 is 0 Å². The summed E-state index contributed by atoms with van der Waals surface area (Å²) in [6, 6.07) is 12.1. The summed E-state index contributed by atoms with van der Waals surface area (Å²) < 4.78 is 44.9. The fourth-order valence-corrected chi connectivity index (χ4v) is 4.75. The molecule has 2 amide bonds. The van der Waals surface area contributed by atoms with E-state index in [-0.39, 0.29) is 35.6 Å². The van der Waals surface area contributed by atoms with Crippen molar-refractivity contribution in [3.05, 3.63) is 71.6 Å². The molecule has 0 atom stereocenters. The van der Waals surface area contributed by atoms with Gasteiger partial charge in [-0.3, -0.25) is 9.59 Å². The van der Waals surface area contributed by atoms with E-state index in [2.05, 4.69) is 5.32 Å². The Morgan fingerprint density at radius 1 is 1.09 bits per heavy atom. The molecule has 0 bridgehead atoms. The van der Waals surface area contributed by atoms with Gasteiger partial charge in [0.05, 0.1) is 24.7 Å². The number of morpholine rings is 1. The fraction of sp³-hybridized carbons (Fsp3) is 0.333. The van der Waals surface area contributed by atoms with Crippen molar-refractivity contribution in [2.45, 2.75) is 18.4 Å². The second-order valence-electron chi connectivity index (χ2n) is 7.67. The van der Waals surface area contributed by atoms with Gasteiger partial charge in [0, 0.05) is 32.3 Å². The van der Waals surface area contributed by atoms with Gasteiger partial charge in [-0.05, 0) is 48.4 Å². The molecule has 3 rings (SSSR count). The summed E-state index contributed by atoms with van der Waals surface area (Å²) in [5, 5.41) is 2.71. The Balaban J connectivity index is 1.54. The Kier molecular flexibility index (Phi) is 8.91. The van der Waals surface area contributed by atoms with Crippen LogP contribution in [-0.4, -0.2) is 68.8 Å². The Morgan fingerprint density at radius 2 is 1.74 bits per heavy atom. The van der Waals surface area contributed by atoms with E-state index in [1.165, 1.54) is 39.5 Å². The maximum Gasteiger partial charge on any atom is 0.247 e. The highest BCUT2D eigenvalue weighted by atomic mass is 32.2. The number of halogens is 1. The van der Waals surface area contributed by atoms with Crippen molar-refractivity contribution in [2.24, 2.45) is 0 Å². The second kappa shape index (κ2) is 11.9. The molecule has 1 heterocycles. The molecule has 0 unspecified atom stereocenters. The molecule has 1 aliphatic heterocycles. The third-order valence-corrected chi connectivity index (χ3v) is 7.25. The number of benzene rings is 2. The standard InChI is InChI=1S/C24H28FN3O5S/c1-2-27(18-23(29)26-17-20-3-8-21(25)9-4-20)24(30)12-7-19-5-10-22(11-6-19)34(31,32)28-13-15-33-16-14-28/h3-12H,2,13-18H2,1H3,(H,26,29). The van der Waals surface area contributed by atoms with Crippen molar-refractivity contribution >= 4 is 27.9 Å². The monoisotopic (exact) mass is 489 g/mol.